The number of methoxy groups -OCH3 is 1. The third kappa shape index (κ3) is 4.63. The molecule has 2 aromatic heterocycles. The van der Waals surface area contributed by atoms with Gasteiger partial charge in [0.25, 0.3) is 0 Å². The maximum atomic E-state index is 12.9. The summed E-state index contributed by atoms with van der Waals surface area (Å²) in [6.07, 6.45) is 3.12. The lowest BCUT2D eigenvalue weighted by molar-refractivity contribution is -0.117. The first-order chi connectivity index (χ1) is 17.5. The highest BCUT2D eigenvalue weighted by atomic mass is 16.5. The number of hydrogen-bond acceptors (Lipinski definition) is 8. The van der Waals surface area contributed by atoms with Gasteiger partial charge in [-0.05, 0) is 36.4 Å². The van der Waals surface area contributed by atoms with E-state index in [1.807, 2.05) is 18.2 Å². The lowest BCUT2D eigenvalue weighted by Crippen LogP contribution is -2.47. The van der Waals surface area contributed by atoms with Crippen LogP contribution in [0.5, 0.6) is 0 Å². The molecule has 184 valence electrons. The van der Waals surface area contributed by atoms with Crippen molar-refractivity contribution in [1.82, 2.24) is 19.2 Å². The number of benzene rings is 2. The van der Waals surface area contributed by atoms with Gasteiger partial charge in [-0.25, -0.2) is 23.7 Å². The molecule has 1 N–H and O–H groups in total. The summed E-state index contributed by atoms with van der Waals surface area (Å²) in [5.74, 6) is -0.271. The maximum absolute atomic E-state index is 12.9. The fourth-order valence-electron chi connectivity index (χ4n) is 4.22. The second-order valence-electron chi connectivity index (χ2n) is 8.31. The van der Waals surface area contributed by atoms with Crippen LogP contribution in [0.15, 0.2) is 71.8 Å². The van der Waals surface area contributed by atoms with Crippen LogP contribution in [-0.2, 0) is 16.1 Å². The van der Waals surface area contributed by atoms with Gasteiger partial charge in [-0.2, -0.15) is 0 Å². The summed E-state index contributed by atoms with van der Waals surface area (Å²) in [5, 5.41) is 7.13. The Morgan fingerprint density at radius 3 is 2.36 bits per heavy atom. The number of anilines is 3. The van der Waals surface area contributed by atoms with Crippen LogP contribution >= 0.6 is 0 Å². The normalized spacial score (nSPS) is 13.6. The summed E-state index contributed by atoms with van der Waals surface area (Å²) in [4.78, 5) is 46.0. The van der Waals surface area contributed by atoms with E-state index in [1.54, 1.807) is 36.7 Å². The summed E-state index contributed by atoms with van der Waals surface area (Å²) < 4.78 is 7.20. The van der Waals surface area contributed by atoms with Crippen LogP contribution in [0.2, 0.25) is 0 Å². The van der Waals surface area contributed by atoms with Gasteiger partial charge in [-0.3, -0.25) is 4.79 Å². The largest absolute Gasteiger partial charge is 0.465 e. The van der Waals surface area contributed by atoms with E-state index in [0.717, 1.165) is 30.9 Å². The Morgan fingerprint density at radius 1 is 0.972 bits per heavy atom. The molecule has 1 fully saturated rings. The first-order valence-corrected chi connectivity index (χ1v) is 11.5. The fourth-order valence-corrected chi connectivity index (χ4v) is 4.22. The van der Waals surface area contributed by atoms with E-state index in [4.69, 9.17) is 0 Å². The molecule has 0 radical (unpaired) electrons. The molecule has 1 amide bonds. The molecule has 1 saturated heterocycles. The van der Waals surface area contributed by atoms with Crippen LogP contribution in [0.1, 0.15) is 10.4 Å². The summed E-state index contributed by atoms with van der Waals surface area (Å²) in [6.45, 7) is 2.82. The Labute approximate surface area is 206 Å². The molecule has 11 nitrogen and oxygen atoms in total. The summed E-state index contributed by atoms with van der Waals surface area (Å²) >= 11 is 0. The number of nitrogens with zero attached hydrogens (tertiary/aromatic N) is 6. The Hall–Kier alpha value is -4.67. The number of para-hydroxylation sites is 1. The molecule has 0 atom stereocenters. The SMILES string of the molecule is COC(=O)c1ccc(NC(=O)Cn2nc3c(N4CCN(c5ccccc5)CC4)nccn3c2=O)cc1. The van der Waals surface area contributed by atoms with E-state index in [9.17, 15) is 14.4 Å². The summed E-state index contributed by atoms with van der Waals surface area (Å²) in [7, 11) is 1.30. The monoisotopic (exact) mass is 487 g/mol. The van der Waals surface area contributed by atoms with Crippen LogP contribution in [0, 0.1) is 0 Å². The van der Waals surface area contributed by atoms with Gasteiger partial charge >= 0.3 is 11.7 Å². The maximum Gasteiger partial charge on any atom is 0.350 e. The number of nitrogens with one attached hydrogen (secondary N) is 1. The lowest BCUT2D eigenvalue weighted by atomic mass is 10.2. The van der Waals surface area contributed by atoms with E-state index in [0.29, 0.717) is 22.7 Å². The molecular formula is C25H25N7O4. The fraction of sp³-hybridized carbons (Fsp3) is 0.240. The molecule has 11 heteroatoms. The van der Waals surface area contributed by atoms with E-state index in [2.05, 4.69) is 42.1 Å². The molecular weight excluding hydrogens is 462 g/mol. The number of carbonyl (C=O) groups is 2. The molecule has 1 aliphatic heterocycles. The number of esters is 1. The highest BCUT2D eigenvalue weighted by molar-refractivity contribution is 5.93. The van der Waals surface area contributed by atoms with Crippen LogP contribution < -0.4 is 20.8 Å². The molecule has 0 bridgehead atoms. The molecule has 5 rings (SSSR count). The van der Waals surface area contributed by atoms with Gasteiger partial charge in [0.1, 0.15) is 6.54 Å². The van der Waals surface area contributed by atoms with Gasteiger partial charge in [0.2, 0.25) is 11.6 Å². The second kappa shape index (κ2) is 9.90. The van der Waals surface area contributed by atoms with Crippen LogP contribution in [0.4, 0.5) is 17.2 Å². The smallest absolute Gasteiger partial charge is 0.350 e. The van der Waals surface area contributed by atoms with E-state index in [-0.39, 0.29) is 6.54 Å². The van der Waals surface area contributed by atoms with Gasteiger partial charge in [-0.15, -0.1) is 5.10 Å². The van der Waals surface area contributed by atoms with E-state index >= 15 is 0 Å². The molecule has 0 spiro atoms. The Morgan fingerprint density at radius 2 is 1.67 bits per heavy atom. The molecule has 4 aromatic rings. The van der Waals surface area contributed by atoms with Crippen molar-refractivity contribution in [3.63, 3.8) is 0 Å². The molecule has 36 heavy (non-hydrogen) atoms. The van der Waals surface area contributed by atoms with Crippen molar-refractivity contribution < 1.29 is 14.3 Å². The minimum absolute atomic E-state index is 0.263. The van der Waals surface area contributed by atoms with Crippen molar-refractivity contribution in [2.45, 2.75) is 6.54 Å². The zero-order chi connectivity index (χ0) is 25.1. The highest BCUT2D eigenvalue weighted by Crippen LogP contribution is 2.21. The molecule has 1 aliphatic rings. The Balaban J connectivity index is 1.29. The average molecular weight is 488 g/mol. The predicted molar refractivity (Wildman–Crippen MR) is 135 cm³/mol. The zero-order valence-corrected chi connectivity index (χ0v) is 19.7. The van der Waals surface area contributed by atoms with Gasteiger partial charge in [0, 0.05) is 49.9 Å². The third-order valence-corrected chi connectivity index (χ3v) is 6.07. The number of fused-ring (bicyclic) bond motifs is 1. The third-order valence-electron chi connectivity index (χ3n) is 6.07. The lowest BCUT2D eigenvalue weighted by Gasteiger charge is -2.36. The van der Waals surface area contributed by atoms with Crippen molar-refractivity contribution in [3.05, 3.63) is 83.0 Å². The number of rotatable bonds is 6. The van der Waals surface area contributed by atoms with Crippen molar-refractivity contribution in [2.75, 3.05) is 48.4 Å². The molecule has 0 unspecified atom stereocenters. The first-order valence-electron chi connectivity index (χ1n) is 11.5. The minimum atomic E-state index is -0.463. The quantitative estimate of drug-likeness (QED) is 0.409. The molecule has 2 aromatic carbocycles. The van der Waals surface area contributed by atoms with E-state index in [1.165, 1.54) is 17.2 Å². The number of aromatic nitrogens is 4. The molecule has 0 aliphatic carbocycles. The predicted octanol–water partition coefficient (Wildman–Crippen LogP) is 1.64. The number of piperazine rings is 1. The van der Waals surface area contributed by atoms with Crippen molar-refractivity contribution in [1.29, 1.82) is 0 Å². The van der Waals surface area contributed by atoms with Gasteiger partial charge in [-0.1, -0.05) is 18.2 Å². The van der Waals surface area contributed by atoms with Crippen molar-refractivity contribution in [3.8, 4) is 0 Å². The first kappa shape index (κ1) is 23.1. The Bertz CT molecular complexity index is 1440. The molecule has 3 heterocycles. The number of carbonyl (C=O) groups excluding carboxylic acids is 2. The highest BCUT2D eigenvalue weighted by Gasteiger charge is 2.22. The number of amides is 1. The zero-order valence-electron chi connectivity index (χ0n) is 19.7. The minimum Gasteiger partial charge on any atom is -0.465 e. The topological polar surface area (TPSA) is 114 Å². The van der Waals surface area contributed by atoms with Crippen molar-refractivity contribution in [2.24, 2.45) is 0 Å². The number of ether oxygens (including phenoxy) is 1. The Kier molecular flexibility index (Phi) is 6.35. The van der Waals surface area contributed by atoms with Gasteiger partial charge < -0.3 is 19.9 Å². The molecule has 0 saturated carbocycles. The van der Waals surface area contributed by atoms with Crippen LogP contribution in [0.25, 0.3) is 5.65 Å². The summed E-state index contributed by atoms with van der Waals surface area (Å²) in [5.41, 5.74) is 2.02. The second-order valence-corrected chi connectivity index (χ2v) is 8.31. The van der Waals surface area contributed by atoms with Gasteiger partial charge in [0.05, 0.1) is 12.7 Å². The number of hydrogen-bond donors (Lipinski definition) is 1. The van der Waals surface area contributed by atoms with Crippen LogP contribution in [-0.4, -0.2) is 64.3 Å². The van der Waals surface area contributed by atoms with Gasteiger partial charge in [0.15, 0.2) is 5.82 Å². The summed E-state index contributed by atoms with van der Waals surface area (Å²) in [6, 6.07) is 16.5. The van der Waals surface area contributed by atoms with Crippen LogP contribution in [0.3, 0.4) is 0 Å². The van der Waals surface area contributed by atoms with E-state index < -0.39 is 17.6 Å². The average Bonchev–Trinajstić information content (AvgIpc) is 3.24. The standard InChI is InChI=1S/C25H25N7O4/c1-36-24(34)18-7-9-19(10-8-18)27-21(33)17-32-25(35)31-12-11-26-22(23(31)28-32)30-15-13-29(14-16-30)20-5-3-2-4-6-20/h2-12H,13-17H2,1H3,(H,27,33). The van der Waals surface area contributed by atoms with Crippen molar-refractivity contribution >= 4 is 34.7 Å².